The third kappa shape index (κ3) is 4.22. The standard InChI is InChI=1S/C20H24N2O2/c1-24-16-18-8-5-9-19(14-18)20(23)22-12-10-21(11-13-22)15-17-6-3-2-4-7-17/h2-9,14H,10-13,15-16H2,1H3. The third-order valence-electron chi connectivity index (χ3n) is 4.39. The summed E-state index contributed by atoms with van der Waals surface area (Å²) in [5.74, 6) is 0.118. The van der Waals surface area contributed by atoms with Gasteiger partial charge in [-0.05, 0) is 23.3 Å². The topological polar surface area (TPSA) is 32.8 Å². The number of benzene rings is 2. The monoisotopic (exact) mass is 324 g/mol. The molecular formula is C20H24N2O2. The maximum atomic E-state index is 12.7. The first-order valence-electron chi connectivity index (χ1n) is 8.39. The molecule has 0 unspecified atom stereocenters. The number of carbonyl (C=O) groups excluding carboxylic acids is 1. The molecule has 2 aromatic carbocycles. The highest BCUT2D eigenvalue weighted by molar-refractivity contribution is 5.94. The van der Waals surface area contributed by atoms with E-state index in [1.54, 1.807) is 7.11 Å². The van der Waals surface area contributed by atoms with Crippen LogP contribution in [0.4, 0.5) is 0 Å². The molecule has 0 spiro atoms. The molecule has 2 aromatic rings. The van der Waals surface area contributed by atoms with Crippen LogP contribution in [0.15, 0.2) is 54.6 Å². The largest absolute Gasteiger partial charge is 0.380 e. The minimum Gasteiger partial charge on any atom is -0.380 e. The molecule has 24 heavy (non-hydrogen) atoms. The van der Waals surface area contributed by atoms with Crippen molar-refractivity contribution in [3.63, 3.8) is 0 Å². The molecule has 1 aliphatic heterocycles. The zero-order valence-electron chi connectivity index (χ0n) is 14.1. The molecule has 0 radical (unpaired) electrons. The molecule has 0 atom stereocenters. The highest BCUT2D eigenvalue weighted by Gasteiger charge is 2.22. The van der Waals surface area contributed by atoms with E-state index in [1.165, 1.54) is 5.56 Å². The molecule has 0 aliphatic carbocycles. The average Bonchev–Trinajstić information content (AvgIpc) is 2.63. The first kappa shape index (κ1) is 16.7. The molecule has 126 valence electrons. The molecule has 3 rings (SSSR count). The van der Waals surface area contributed by atoms with Gasteiger partial charge in [-0.15, -0.1) is 0 Å². The lowest BCUT2D eigenvalue weighted by atomic mass is 10.1. The van der Waals surface area contributed by atoms with Crippen molar-refractivity contribution in [2.45, 2.75) is 13.2 Å². The van der Waals surface area contributed by atoms with E-state index in [9.17, 15) is 4.79 Å². The van der Waals surface area contributed by atoms with Gasteiger partial charge in [-0.1, -0.05) is 42.5 Å². The number of rotatable bonds is 5. The van der Waals surface area contributed by atoms with Gasteiger partial charge in [0, 0.05) is 45.4 Å². The van der Waals surface area contributed by atoms with Crippen molar-refractivity contribution < 1.29 is 9.53 Å². The van der Waals surface area contributed by atoms with E-state index in [-0.39, 0.29) is 5.91 Å². The molecule has 1 fully saturated rings. The van der Waals surface area contributed by atoms with Crippen LogP contribution >= 0.6 is 0 Å². The second-order valence-corrected chi connectivity index (χ2v) is 6.19. The Morgan fingerprint density at radius 1 is 0.958 bits per heavy atom. The van der Waals surface area contributed by atoms with Gasteiger partial charge >= 0.3 is 0 Å². The van der Waals surface area contributed by atoms with Gasteiger partial charge in [-0.3, -0.25) is 9.69 Å². The Morgan fingerprint density at radius 3 is 2.38 bits per heavy atom. The minimum absolute atomic E-state index is 0.118. The van der Waals surface area contributed by atoms with Crippen molar-refractivity contribution in [1.29, 1.82) is 0 Å². The van der Waals surface area contributed by atoms with Crippen molar-refractivity contribution in [2.24, 2.45) is 0 Å². The van der Waals surface area contributed by atoms with Crippen LogP contribution in [-0.4, -0.2) is 49.0 Å². The van der Waals surface area contributed by atoms with E-state index >= 15 is 0 Å². The maximum absolute atomic E-state index is 12.7. The average molecular weight is 324 g/mol. The number of carbonyl (C=O) groups is 1. The molecule has 4 heteroatoms. The molecule has 4 nitrogen and oxygen atoms in total. The second-order valence-electron chi connectivity index (χ2n) is 6.19. The summed E-state index contributed by atoms with van der Waals surface area (Å²) in [4.78, 5) is 17.0. The summed E-state index contributed by atoms with van der Waals surface area (Å²) in [5.41, 5.74) is 3.11. The number of methoxy groups -OCH3 is 1. The van der Waals surface area contributed by atoms with E-state index < -0.39 is 0 Å². The van der Waals surface area contributed by atoms with Crippen molar-refractivity contribution in [1.82, 2.24) is 9.80 Å². The van der Waals surface area contributed by atoms with Crippen LogP contribution in [0, 0.1) is 0 Å². The molecule has 1 aliphatic rings. The van der Waals surface area contributed by atoms with Gasteiger partial charge in [0.15, 0.2) is 0 Å². The normalized spacial score (nSPS) is 15.5. The number of hydrogen-bond donors (Lipinski definition) is 0. The SMILES string of the molecule is COCc1cccc(C(=O)N2CCN(Cc3ccccc3)CC2)c1. The van der Waals surface area contributed by atoms with Crippen LogP contribution in [-0.2, 0) is 17.9 Å². The van der Waals surface area contributed by atoms with Gasteiger partial charge in [0.2, 0.25) is 0 Å². The van der Waals surface area contributed by atoms with E-state index in [1.807, 2.05) is 35.2 Å². The minimum atomic E-state index is 0.118. The predicted molar refractivity (Wildman–Crippen MR) is 94.8 cm³/mol. The Kier molecular flexibility index (Phi) is 5.62. The third-order valence-corrected chi connectivity index (χ3v) is 4.39. The Labute approximate surface area is 143 Å². The summed E-state index contributed by atoms with van der Waals surface area (Å²) in [7, 11) is 1.67. The molecule has 0 bridgehead atoms. The predicted octanol–water partition coefficient (Wildman–Crippen LogP) is 2.79. The summed E-state index contributed by atoms with van der Waals surface area (Å²) in [6, 6.07) is 18.2. The second kappa shape index (κ2) is 8.08. The van der Waals surface area contributed by atoms with Crippen molar-refractivity contribution >= 4 is 5.91 Å². The van der Waals surface area contributed by atoms with Crippen LogP contribution in [0.3, 0.4) is 0 Å². The quantitative estimate of drug-likeness (QED) is 0.848. The number of hydrogen-bond acceptors (Lipinski definition) is 3. The lowest BCUT2D eigenvalue weighted by Crippen LogP contribution is -2.48. The fourth-order valence-corrected chi connectivity index (χ4v) is 3.09. The summed E-state index contributed by atoms with van der Waals surface area (Å²) in [6.45, 7) is 4.87. The fraction of sp³-hybridized carbons (Fsp3) is 0.350. The number of nitrogens with zero attached hydrogens (tertiary/aromatic N) is 2. The number of ether oxygens (including phenoxy) is 1. The molecule has 1 amide bonds. The highest BCUT2D eigenvalue weighted by atomic mass is 16.5. The van der Waals surface area contributed by atoms with Gasteiger partial charge in [0.25, 0.3) is 5.91 Å². The van der Waals surface area contributed by atoms with Crippen LogP contribution in [0.1, 0.15) is 21.5 Å². The van der Waals surface area contributed by atoms with Crippen molar-refractivity contribution in [3.8, 4) is 0 Å². The molecule has 0 aromatic heterocycles. The van der Waals surface area contributed by atoms with Gasteiger partial charge in [-0.25, -0.2) is 0 Å². The maximum Gasteiger partial charge on any atom is 0.253 e. The first-order chi connectivity index (χ1) is 11.8. The summed E-state index contributed by atoms with van der Waals surface area (Å²) in [6.07, 6.45) is 0. The lowest BCUT2D eigenvalue weighted by molar-refractivity contribution is 0.0628. The highest BCUT2D eigenvalue weighted by Crippen LogP contribution is 2.13. The van der Waals surface area contributed by atoms with Crippen LogP contribution in [0.5, 0.6) is 0 Å². The van der Waals surface area contributed by atoms with Crippen LogP contribution in [0.2, 0.25) is 0 Å². The Bertz CT molecular complexity index is 664. The Hall–Kier alpha value is -2.17. The fourth-order valence-electron chi connectivity index (χ4n) is 3.09. The molecule has 0 saturated carbocycles. The summed E-state index contributed by atoms with van der Waals surface area (Å²) >= 11 is 0. The zero-order valence-corrected chi connectivity index (χ0v) is 14.1. The van der Waals surface area contributed by atoms with Gasteiger partial charge in [0.05, 0.1) is 6.61 Å². The lowest BCUT2D eigenvalue weighted by Gasteiger charge is -2.34. The zero-order chi connectivity index (χ0) is 16.8. The Morgan fingerprint density at radius 2 is 1.67 bits per heavy atom. The van der Waals surface area contributed by atoms with E-state index in [0.717, 1.165) is 43.9 Å². The number of piperazine rings is 1. The van der Waals surface area contributed by atoms with Crippen molar-refractivity contribution in [3.05, 3.63) is 71.3 Å². The van der Waals surface area contributed by atoms with E-state index in [4.69, 9.17) is 4.74 Å². The molecular weight excluding hydrogens is 300 g/mol. The van der Waals surface area contributed by atoms with E-state index in [2.05, 4.69) is 29.2 Å². The smallest absolute Gasteiger partial charge is 0.253 e. The van der Waals surface area contributed by atoms with Gasteiger partial charge in [0.1, 0.15) is 0 Å². The molecule has 1 heterocycles. The summed E-state index contributed by atoms with van der Waals surface area (Å²) in [5, 5.41) is 0. The van der Waals surface area contributed by atoms with E-state index in [0.29, 0.717) is 6.61 Å². The van der Waals surface area contributed by atoms with Gasteiger partial charge < -0.3 is 9.64 Å². The number of amides is 1. The Balaban J connectivity index is 1.56. The van der Waals surface area contributed by atoms with Crippen molar-refractivity contribution in [2.75, 3.05) is 33.3 Å². The van der Waals surface area contributed by atoms with Gasteiger partial charge in [-0.2, -0.15) is 0 Å². The summed E-state index contributed by atoms with van der Waals surface area (Å²) < 4.78 is 5.15. The first-order valence-corrected chi connectivity index (χ1v) is 8.39. The van der Waals surface area contributed by atoms with Crippen LogP contribution in [0.25, 0.3) is 0 Å². The molecule has 0 N–H and O–H groups in total. The van der Waals surface area contributed by atoms with Crippen LogP contribution < -0.4 is 0 Å². The molecule has 1 saturated heterocycles.